The fourth-order valence-corrected chi connectivity index (χ4v) is 3.07. The molecular formula is C12H22N2O2. The van der Waals surface area contributed by atoms with Crippen LogP contribution < -0.4 is 5.32 Å². The number of fused-ring (bicyclic) bond motifs is 1. The Morgan fingerprint density at radius 3 is 3.00 bits per heavy atom. The number of carboxylic acids is 1. The highest BCUT2D eigenvalue weighted by Gasteiger charge is 2.38. The molecule has 0 aromatic rings. The number of carboxylic acid groups (broad SMARTS) is 1. The quantitative estimate of drug-likeness (QED) is 0.748. The number of aliphatic carboxylic acids is 1. The maximum Gasteiger partial charge on any atom is 0.320 e. The van der Waals surface area contributed by atoms with Crippen LogP contribution in [0.4, 0.5) is 0 Å². The molecule has 0 amide bonds. The average molecular weight is 226 g/mol. The lowest BCUT2D eigenvalue weighted by molar-refractivity contribution is -0.143. The van der Waals surface area contributed by atoms with Crippen LogP contribution in [0, 0.1) is 5.92 Å². The fraction of sp³-hybridized carbons (Fsp3) is 0.917. The van der Waals surface area contributed by atoms with Crippen molar-refractivity contribution in [3.63, 3.8) is 0 Å². The van der Waals surface area contributed by atoms with Crippen LogP contribution in [-0.4, -0.2) is 47.7 Å². The van der Waals surface area contributed by atoms with Gasteiger partial charge in [-0.2, -0.15) is 0 Å². The van der Waals surface area contributed by atoms with Crippen molar-refractivity contribution in [1.29, 1.82) is 0 Å². The van der Waals surface area contributed by atoms with Crippen molar-refractivity contribution >= 4 is 5.97 Å². The van der Waals surface area contributed by atoms with Gasteiger partial charge in [-0.1, -0.05) is 13.3 Å². The van der Waals surface area contributed by atoms with Crippen LogP contribution in [0.5, 0.6) is 0 Å². The highest BCUT2D eigenvalue weighted by molar-refractivity contribution is 5.73. The molecule has 0 saturated carbocycles. The maximum absolute atomic E-state index is 11.2. The van der Waals surface area contributed by atoms with Crippen LogP contribution in [0.25, 0.3) is 0 Å². The van der Waals surface area contributed by atoms with Gasteiger partial charge in [0.2, 0.25) is 0 Å². The Morgan fingerprint density at radius 2 is 2.38 bits per heavy atom. The van der Waals surface area contributed by atoms with Gasteiger partial charge in [-0.3, -0.25) is 9.69 Å². The number of rotatable bonds is 4. The smallest absolute Gasteiger partial charge is 0.320 e. The van der Waals surface area contributed by atoms with Gasteiger partial charge in [-0.05, 0) is 31.7 Å². The summed E-state index contributed by atoms with van der Waals surface area (Å²) in [6, 6.07) is 0.268. The minimum Gasteiger partial charge on any atom is -0.480 e. The van der Waals surface area contributed by atoms with Crippen molar-refractivity contribution in [3.8, 4) is 0 Å². The lowest BCUT2D eigenvalue weighted by Gasteiger charge is -2.25. The Bertz CT molecular complexity index is 243. The second-order valence-corrected chi connectivity index (χ2v) is 5.06. The second-order valence-electron chi connectivity index (χ2n) is 5.06. The third-order valence-electron chi connectivity index (χ3n) is 3.92. The zero-order chi connectivity index (χ0) is 11.5. The van der Waals surface area contributed by atoms with E-state index in [1.165, 1.54) is 12.8 Å². The van der Waals surface area contributed by atoms with Crippen molar-refractivity contribution in [2.45, 2.75) is 44.7 Å². The van der Waals surface area contributed by atoms with E-state index < -0.39 is 5.97 Å². The van der Waals surface area contributed by atoms with Crippen LogP contribution >= 0.6 is 0 Å². The number of piperidine rings is 1. The van der Waals surface area contributed by atoms with Crippen LogP contribution in [0.1, 0.15) is 32.6 Å². The summed E-state index contributed by atoms with van der Waals surface area (Å²) in [7, 11) is 0. The van der Waals surface area contributed by atoms with Crippen LogP contribution in [0.15, 0.2) is 0 Å². The lowest BCUT2D eigenvalue weighted by atomic mass is 9.94. The van der Waals surface area contributed by atoms with Gasteiger partial charge in [0, 0.05) is 19.1 Å². The van der Waals surface area contributed by atoms with Gasteiger partial charge >= 0.3 is 5.97 Å². The molecule has 0 spiro atoms. The van der Waals surface area contributed by atoms with Gasteiger partial charge in [0.15, 0.2) is 0 Å². The first kappa shape index (κ1) is 11.9. The summed E-state index contributed by atoms with van der Waals surface area (Å²) >= 11 is 0. The number of hydrogen-bond donors (Lipinski definition) is 2. The summed E-state index contributed by atoms with van der Waals surface area (Å²) in [6.07, 6.45) is 4.21. The summed E-state index contributed by atoms with van der Waals surface area (Å²) in [5.74, 6) is 0.0213. The number of hydrogen-bond acceptors (Lipinski definition) is 3. The molecule has 0 aromatic carbocycles. The van der Waals surface area contributed by atoms with Crippen molar-refractivity contribution < 1.29 is 9.90 Å². The Labute approximate surface area is 97.0 Å². The number of nitrogens with zero attached hydrogens (tertiary/aromatic N) is 1. The zero-order valence-electron chi connectivity index (χ0n) is 9.98. The minimum atomic E-state index is -0.652. The SMILES string of the molecule is CCCC(C(=O)O)N1C[C@@H]2CCCN[C@@H]2C1. The molecule has 2 aliphatic rings. The molecule has 3 atom stereocenters. The highest BCUT2D eigenvalue weighted by atomic mass is 16.4. The Kier molecular flexibility index (Phi) is 3.82. The van der Waals surface area contributed by atoms with Gasteiger partial charge in [0.05, 0.1) is 0 Å². The van der Waals surface area contributed by atoms with Gasteiger partial charge in [0.25, 0.3) is 0 Å². The van der Waals surface area contributed by atoms with Gasteiger partial charge in [-0.25, -0.2) is 0 Å². The molecule has 2 heterocycles. The van der Waals surface area contributed by atoms with E-state index in [2.05, 4.69) is 17.1 Å². The Morgan fingerprint density at radius 1 is 1.56 bits per heavy atom. The molecule has 0 aliphatic carbocycles. The van der Waals surface area contributed by atoms with Gasteiger partial charge in [-0.15, -0.1) is 0 Å². The van der Waals surface area contributed by atoms with Crippen molar-refractivity contribution in [1.82, 2.24) is 10.2 Å². The predicted molar refractivity (Wildman–Crippen MR) is 62.4 cm³/mol. The van der Waals surface area contributed by atoms with Crippen LogP contribution in [0.2, 0.25) is 0 Å². The number of likely N-dealkylation sites (tertiary alicyclic amines) is 1. The lowest BCUT2D eigenvalue weighted by Crippen LogP contribution is -2.43. The Balaban J connectivity index is 1.96. The monoisotopic (exact) mass is 226 g/mol. The van der Waals surface area contributed by atoms with E-state index in [1.807, 2.05) is 0 Å². The number of nitrogens with one attached hydrogen (secondary N) is 1. The van der Waals surface area contributed by atoms with E-state index in [4.69, 9.17) is 0 Å². The molecule has 4 nitrogen and oxygen atoms in total. The fourth-order valence-electron chi connectivity index (χ4n) is 3.07. The molecule has 4 heteroatoms. The molecular weight excluding hydrogens is 204 g/mol. The first-order valence-electron chi connectivity index (χ1n) is 6.42. The third-order valence-corrected chi connectivity index (χ3v) is 3.92. The largest absolute Gasteiger partial charge is 0.480 e. The third kappa shape index (κ3) is 2.38. The maximum atomic E-state index is 11.2. The molecule has 92 valence electrons. The van der Waals surface area contributed by atoms with Crippen LogP contribution in [-0.2, 0) is 4.79 Å². The van der Waals surface area contributed by atoms with E-state index in [0.29, 0.717) is 12.0 Å². The molecule has 2 rings (SSSR count). The van der Waals surface area contributed by atoms with Gasteiger partial charge in [0.1, 0.15) is 6.04 Å². The molecule has 16 heavy (non-hydrogen) atoms. The highest BCUT2D eigenvalue weighted by Crippen LogP contribution is 2.27. The standard InChI is InChI=1S/C12H22N2O2/c1-2-4-11(12(15)16)14-7-9-5-3-6-13-10(9)8-14/h9-11,13H,2-8H2,1H3,(H,15,16)/t9-,10+,11?/m0/s1. The summed E-state index contributed by atoms with van der Waals surface area (Å²) in [6.45, 7) is 5.04. The first-order valence-corrected chi connectivity index (χ1v) is 6.42. The normalized spacial score (nSPS) is 32.3. The summed E-state index contributed by atoms with van der Waals surface area (Å²) < 4.78 is 0. The molecule has 0 radical (unpaired) electrons. The zero-order valence-corrected chi connectivity index (χ0v) is 9.98. The second kappa shape index (κ2) is 5.15. The predicted octanol–water partition coefficient (Wildman–Crippen LogP) is 0.924. The summed E-state index contributed by atoms with van der Waals surface area (Å²) in [4.78, 5) is 13.4. The minimum absolute atomic E-state index is 0.266. The number of carbonyl (C=O) groups is 1. The molecule has 2 fully saturated rings. The molecule has 1 unspecified atom stereocenters. The van der Waals surface area contributed by atoms with Crippen molar-refractivity contribution in [3.05, 3.63) is 0 Å². The van der Waals surface area contributed by atoms with Crippen LogP contribution in [0.3, 0.4) is 0 Å². The van der Waals surface area contributed by atoms with E-state index >= 15 is 0 Å². The molecule has 2 aliphatic heterocycles. The first-order chi connectivity index (χ1) is 7.72. The van der Waals surface area contributed by atoms with E-state index in [1.54, 1.807) is 0 Å². The summed E-state index contributed by atoms with van der Waals surface area (Å²) in [5.41, 5.74) is 0. The molecule has 2 saturated heterocycles. The Hall–Kier alpha value is -0.610. The average Bonchev–Trinajstić information content (AvgIpc) is 2.68. The van der Waals surface area contributed by atoms with Crippen molar-refractivity contribution in [2.24, 2.45) is 5.92 Å². The van der Waals surface area contributed by atoms with Crippen molar-refractivity contribution in [2.75, 3.05) is 19.6 Å². The van der Waals surface area contributed by atoms with E-state index in [-0.39, 0.29) is 6.04 Å². The summed E-state index contributed by atoms with van der Waals surface area (Å²) in [5, 5.41) is 12.7. The molecule has 0 bridgehead atoms. The molecule has 0 aromatic heterocycles. The molecule has 2 N–H and O–H groups in total. The van der Waals surface area contributed by atoms with E-state index in [0.717, 1.165) is 32.5 Å². The van der Waals surface area contributed by atoms with Gasteiger partial charge < -0.3 is 10.4 Å². The topological polar surface area (TPSA) is 52.6 Å². The van der Waals surface area contributed by atoms with E-state index in [9.17, 15) is 9.90 Å².